The van der Waals surface area contributed by atoms with Gasteiger partial charge in [-0.05, 0) is 19.1 Å². The van der Waals surface area contributed by atoms with Gasteiger partial charge in [0.2, 0.25) is 5.91 Å². The quantitative estimate of drug-likeness (QED) is 0.893. The number of benzene rings is 1. The summed E-state index contributed by atoms with van der Waals surface area (Å²) in [6, 6.07) is 3.00. The molecule has 0 aliphatic carbocycles. The van der Waals surface area contributed by atoms with Crippen LogP contribution < -0.4 is 10.6 Å². The van der Waals surface area contributed by atoms with Gasteiger partial charge in [0.05, 0.1) is 5.75 Å². The minimum absolute atomic E-state index is 0.0671. The monoisotopic (exact) mass is 288 g/mol. The van der Waals surface area contributed by atoms with Crippen LogP contribution in [0.4, 0.5) is 13.6 Å². The van der Waals surface area contributed by atoms with Crippen LogP contribution in [0.25, 0.3) is 0 Å². The summed E-state index contributed by atoms with van der Waals surface area (Å²) in [6.45, 7) is 1.60. The van der Waals surface area contributed by atoms with E-state index in [1.54, 1.807) is 6.92 Å². The van der Waals surface area contributed by atoms with E-state index in [1.807, 2.05) is 0 Å². The highest BCUT2D eigenvalue weighted by atomic mass is 32.2. The Labute approximate surface area is 113 Å². The van der Waals surface area contributed by atoms with Crippen LogP contribution in [0.1, 0.15) is 17.7 Å². The van der Waals surface area contributed by atoms with Gasteiger partial charge in [-0.25, -0.2) is 13.6 Å². The number of halogens is 2. The topological polar surface area (TPSA) is 58.2 Å². The highest BCUT2D eigenvalue weighted by Gasteiger charge is 2.17. The molecular weight excluding hydrogens is 274 g/mol. The summed E-state index contributed by atoms with van der Waals surface area (Å²) in [5.74, 6) is -1.88. The number of carbonyl (C=O) groups excluding carboxylic acids is 2. The lowest BCUT2D eigenvalue weighted by atomic mass is 10.1. The zero-order valence-corrected chi connectivity index (χ0v) is 11.3. The fourth-order valence-corrected chi connectivity index (χ4v) is 2.27. The molecule has 1 atom stereocenters. The van der Waals surface area contributed by atoms with E-state index in [0.29, 0.717) is 0 Å². The first-order valence-electron chi connectivity index (χ1n) is 5.52. The standard InChI is InChI=1S/C12H14F2N2O2S/c1-7(11-8(13)4-3-5-9(11)14)19-6-10(17)16-12(18)15-2/h3-5,7H,6H2,1-2H3,(H2,15,16,17,18)/t7-/m1/s1. The molecule has 0 saturated carbocycles. The van der Waals surface area contributed by atoms with Crippen molar-refractivity contribution in [2.75, 3.05) is 12.8 Å². The van der Waals surface area contributed by atoms with Crippen LogP contribution in [0.5, 0.6) is 0 Å². The fourth-order valence-electron chi connectivity index (χ4n) is 1.41. The van der Waals surface area contributed by atoms with Gasteiger partial charge in [-0.3, -0.25) is 10.1 Å². The summed E-state index contributed by atoms with van der Waals surface area (Å²) in [5, 5.41) is 3.77. The van der Waals surface area contributed by atoms with E-state index in [-0.39, 0.29) is 11.3 Å². The Hall–Kier alpha value is -1.63. The predicted molar refractivity (Wildman–Crippen MR) is 69.8 cm³/mol. The molecular formula is C12H14F2N2O2S. The second-order valence-corrected chi connectivity index (χ2v) is 5.04. The average molecular weight is 288 g/mol. The van der Waals surface area contributed by atoms with Crippen LogP contribution in [0.3, 0.4) is 0 Å². The molecule has 7 heteroatoms. The third-order valence-electron chi connectivity index (χ3n) is 2.35. The number of rotatable bonds is 4. The van der Waals surface area contributed by atoms with Gasteiger partial charge in [0.1, 0.15) is 11.6 Å². The SMILES string of the molecule is CNC(=O)NC(=O)CS[C@H](C)c1c(F)cccc1F. The molecule has 3 amide bonds. The van der Waals surface area contributed by atoms with E-state index in [1.165, 1.54) is 25.2 Å². The summed E-state index contributed by atoms with van der Waals surface area (Å²) in [6.07, 6.45) is 0. The molecule has 0 aliphatic rings. The first kappa shape index (κ1) is 15.4. The maximum Gasteiger partial charge on any atom is 0.321 e. The Morgan fingerprint density at radius 3 is 2.42 bits per heavy atom. The number of thioether (sulfide) groups is 1. The molecule has 1 aromatic rings. The van der Waals surface area contributed by atoms with Crippen molar-refractivity contribution in [1.82, 2.24) is 10.6 Å². The Kier molecular flexibility index (Phi) is 5.75. The van der Waals surface area contributed by atoms with E-state index in [9.17, 15) is 18.4 Å². The van der Waals surface area contributed by atoms with Crippen LogP contribution in [0.2, 0.25) is 0 Å². The molecule has 4 nitrogen and oxygen atoms in total. The average Bonchev–Trinajstić information content (AvgIpc) is 2.36. The third-order valence-corrected chi connectivity index (χ3v) is 3.52. The highest BCUT2D eigenvalue weighted by Crippen LogP contribution is 2.31. The maximum atomic E-state index is 13.5. The second-order valence-electron chi connectivity index (χ2n) is 3.72. The minimum atomic E-state index is -0.647. The zero-order chi connectivity index (χ0) is 14.4. The van der Waals surface area contributed by atoms with E-state index in [0.717, 1.165) is 11.8 Å². The smallest absolute Gasteiger partial charge is 0.321 e. The highest BCUT2D eigenvalue weighted by molar-refractivity contribution is 8.00. The van der Waals surface area contributed by atoms with E-state index < -0.39 is 28.8 Å². The number of hydrogen-bond donors (Lipinski definition) is 2. The number of imide groups is 1. The predicted octanol–water partition coefficient (Wildman–Crippen LogP) is 2.21. The van der Waals surface area contributed by atoms with Crippen LogP contribution in [-0.4, -0.2) is 24.7 Å². The van der Waals surface area contributed by atoms with E-state index in [2.05, 4.69) is 10.6 Å². The number of hydrogen-bond acceptors (Lipinski definition) is 3. The summed E-state index contributed by atoms with van der Waals surface area (Å²) in [7, 11) is 1.38. The van der Waals surface area contributed by atoms with Gasteiger partial charge in [-0.15, -0.1) is 11.8 Å². The minimum Gasteiger partial charge on any atom is -0.341 e. The van der Waals surface area contributed by atoms with Gasteiger partial charge in [0.15, 0.2) is 0 Å². The molecule has 0 bridgehead atoms. The summed E-state index contributed by atoms with van der Waals surface area (Å²) < 4.78 is 26.9. The molecule has 0 aliphatic heterocycles. The molecule has 104 valence electrons. The maximum absolute atomic E-state index is 13.5. The molecule has 19 heavy (non-hydrogen) atoms. The molecule has 0 saturated heterocycles. The van der Waals surface area contributed by atoms with Crippen LogP contribution in [0, 0.1) is 11.6 Å². The van der Waals surface area contributed by atoms with Crippen molar-refractivity contribution in [3.63, 3.8) is 0 Å². The number of nitrogens with one attached hydrogen (secondary N) is 2. The van der Waals surface area contributed by atoms with Gasteiger partial charge in [0, 0.05) is 17.9 Å². The second kappa shape index (κ2) is 7.08. The lowest BCUT2D eigenvalue weighted by Gasteiger charge is -2.13. The number of urea groups is 1. The van der Waals surface area contributed by atoms with Crippen LogP contribution in [0.15, 0.2) is 18.2 Å². The van der Waals surface area contributed by atoms with Crippen molar-refractivity contribution in [1.29, 1.82) is 0 Å². The van der Waals surface area contributed by atoms with Crippen LogP contribution >= 0.6 is 11.8 Å². The van der Waals surface area contributed by atoms with Crippen LogP contribution in [-0.2, 0) is 4.79 Å². The first-order valence-corrected chi connectivity index (χ1v) is 6.57. The number of carbonyl (C=O) groups is 2. The summed E-state index contributed by atoms with van der Waals surface area (Å²) >= 11 is 1.05. The van der Waals surface area contributed by atoms with Crippen molar-refractivity contribution in [3.8, 4) is 0 Å². The Morgan fingerprint density at radius 2 is 1.89 bits per heavy atom. The molecule has 1 aromatic carbocycles. The molecule has 0 fully saturated rings. The van der Waals surface area contributed by atoms with Gasteiger partial charge in [-0.2, -0.15) is 0 Å². The zero-order valence-electron chi connectivity index (χ0n) is 10.5. The van der Waals surface area contributed by atoms with Gasteiger partial charge < -0.3 is 5.32 Å². The van der Waals surface area contributed by atoms with Crippen molar-refractivity contribution in [2.24, 2.45) is 0 Å². The van der Waals surface area contributed by atoms with Gasteiger partial charge in [-0.1, -0.05) is 6.07 Å². The fraction of sp³-hybridized carbons (Fsp3) is 0.333. The molecule has 0 radical (unpaired) electrons. The van der Waals surface area contributed by atoms with Gasteiger partial charge >= 0.3 is 6.03 Å². The van der Waals surface area contributed by atoms with E-state index in [4.69, 9.17) is 0 Å². The van der Waals surface area contributed by atoms with Crippen molar-refractivity contribution >= 4 is 23.7 Å². The molecule has 0 aromatic heterocycles. The van der Waals surface area contributed by atoms with Gasteiger partial charge in [0.25, 0.3) is 0 Å². The molecule has 0 heterocycles. The van der Waals surface area contributed by atoms with Crippen molar-refractivity contribution in [2.45, 2.75) is 12.2 Å². The normalized spacial score (nSPS) is 11.8. The molecule has 1 rings (SSSR count). The lowest BCUT2D eigenvalue weighted by Crippen LogP contribution is -2.38. The largest absolute Gasteiger partial charge is 0.341 e. The molecule has 0 unspecified atom stereocenters. The Morgan fingerprint density at radius 1 is 1.32 bits per heavy atom. The number of amides is 3. The third kappa shape index (κ3) is 4.51. The van der Waals surface area contributed by atoms with Crippen molar-refractivity contribution in [3.05, 3.63) is 35.4 Å². The Bertz CT molecular complexity index is 463. The summed E-state index contributed by atoms with van der Waals surface area (Å²) in [5.41, 5.74) is -0.0692. The molecule has 0 spiro atoms. The van der Waals surface area contributed by atoms with Crippen molar-refractivity contribution < 1.29 is 18.4 Å². The first-order chi connectivity index (χ1) is 8.95. The molecule has 2 N–H and O–H groups in total. The Balaban J connectivity index is 2.58. The lowest BCUT2D eigenvalue weighted by molar-refractivity contribution is -0.117. The van der Waals surface area contributed by atoms with E-state index >= 15 is 0 Å². The summed E-state index contributed by atoms with van der Waals surface area (Å²) in [4.78, 5) is 22.2.